The van der Waals surface area contributed by atoms with Gasteiger partial charge in [0, 0.05) is 20.1 Å². The van der Waals surface area contributed by atoms with Gasteiger partial charge in [-0.2, -0.15) is 0 Å². The Morgan fingerprint density at radius 2 is 2.06 bits per heavy atom. The van der Waals surface area contributed by atoms with Crippen molar-refractivity contribution in [2.24, 2.45) is 7.05 Å². The smallest absolute Gasteiger partial charge is 0.318 e. The standard InChI is InChI=1S/C12H14FN3O2/c1-14-5-6-16-11(17)9-4-3-8(13)7-10(9)15(2)12(16)18/h3-4,7,14H,5-6H2,1-2H3. The molecule has 0 amide bonds. The Kier molecular flexibility index (Phi) is 3.29. The molecule has 0 atom stereocenters. The summed E-state index contributed by atoms with van der Waals surface area (Å²) < 4.78 is 15.6. The second kappa shape index (κ2) is 4.73. The highest BCUT2D eigenvalue weighted by molar-refractivity contribution is 5.77. The molecule has 0 aliphatic heterocycles. The van der Waals surface area contributed by atoms with Crippen molar-refractivity contribution in [2.75, 3.05) is 13.6 Å². The lowest BCUT2D eigenvalue weighted by molar-refractivity contribution is 0.578. The van der Waals surface area contributed by atoms with Crippen molar-refractivity contribution in [1.29, 1.82) is 0 Å². The Hall–Kier alpha value is -1.95. The topological polar surface area (TPSA) is 56.0 Å². The maximum absolute atomic E-state index is 13.1. The summed E-state index contributed by atoms with van der Waals surface area (Å²) in [6.45, 7) is 0.803. The van der Waals surface area contributed by atoms with Crippen molar-refractivity contribution in [3.8, 4) is 0 Å². The molecule has 2 aromatic rings. The van der Waals surface area contributed by atoms with Crippen LogP contribution in [0.2, 0.25) is 0 Å². The summed E-state index contributed by atoms with van der Waals surface area (Å²) in [6, 6.07) is 3.82. The number of aromatic nitrogens is 2. The highest BCUT2D eigenvalue weighted by Gasteiger charge is 2.10. The van der Waals surface area contributed by atoms with E-state index in [0.717, 1.165) is 4.57 Å². The number of nitrogens with one attached hydrogen (secondary N) is 1. The van der Waals surface area contributed by atoms with Crippen LogP contribution in [0.25, 0.3) is 10.9 Å². The minimum atomic E-state index is -0.468. The average molecular weight is 251 g/mol. The molecule has 1 aromatic carbocycles. The zero-order valence-electron chi connectivity index (χ0n) is 10.2. The van der Waals surface area contributed by atoms with Crippen LogP contribution in [-0.4, -0.2) is 22.7 Å². The third kappa shape index (κ3) is 1.95. The average Bonchev–Trinajstić information content (AvgIpc) is 2.36. The maximum Gasteiger partial charge on any atom is 0.331 e. The van der Waals surface area contributed by atoms with Gasteiger partial charge < -0.3 is 5.32 Å². The molecular weight excluding hydrogens is 237 g/mol. The summed E-state index contributed by atoms with van der Waals surface area (Å²) in [5, 5.41) is 3.22. The molecule has 0 aliphatic rings. The lowest BCUT2D eigenvalue weighted by Gasteiger charge is -2.10. The third-order valence-corrected chi connectivity index (χ3v) is 2.90. The van der Waals surface area contributed by atoms with Crippen LogP contribution in [0, 0.1) is 5.82 Å². The molecule has 5 nitrogen and oxygen atoms in total. The normalized spacial score (nSPS) is 11.1. The first-order valence-corrected chi connectivity index (χ1v) is 5.60. The van der Waals surface area contributed by atoms with Gasteiger partial charge in [-0.25, -0.2) is 9.18 Å². The largest absolute Gasteiger partial charge is 0.331 e. The van der Waals surface area contributed by atoms with Gasteiger partial charge in [-0.05, 0) is 25.2 Å². The quantitative estimate of drug-likeness (QED) is 0.839. The van der Waals surface area contributed by atoms with Gasteiger partial charge in [0.05, 0.1) is 10.9 Å². The molecule has 96 valence electrons. The van der Waals surface area contributed by atoms with Crippen LogP contribution < -0.4 is 16.6 Å². The molecule has 0 aliphatic carbocycles. The van der Waals surface area contributed by atoms with Crippen molar-refractivity contribution in [3.05, 3.63) is 44.9 Å². The minimum absolute atomic E-state index is 0.287. The number of fused-ring (bicyclic) bond motifs is 1. The molecule has 18 heavy (non-hydrogen) atoms. The second-order valence-corrected chi connectivity index (χ2v) is 4.06. The predicted molar refractivity (Wildman–Crippen MR) is 67.3 cm³/mol. The van der Waals surface area contributed by atoms with Crippen molar-refractivity contribution >= 4 is 10.9 Å². The number of benzene rings is 1. The molecule has 0 saturated heterocycles. The van der Waals surface area contributed by atoms with E-state index in [1.807, 2.05) is 0 Å². The highest BCUT2D eigenvalue weighted by atomic mass is 19.1. The zero-order valence-corrected chi connectivity index (χ0v) is 10.2. The van der Waals surface area contributed by atoms with Gasteiger partial charge in [-0.1, -0.05) is 0 Å². The van der Waals surface area contributed by atoms with E-state index in [1.165, 1.54) is 29.8 Å². The van der Waals surface area contributed by atoms with Gasteiger partial charge in [0.1, 0.15) is 5.82 Å². The fourth-order valence-corrected chi connectivity index (χ4v) is 1.90. The number of hydrogen-bond acceptors (Lipinski definition) is 3. The van der Waals surface area contributed by atoms with E-state index in [9.17, 15) is 14.0 Å². The molecule has 2 rings (SSSR count). The van der Waals surface area contributed by atoms with E-state index in [1.54, 1.807) is 7.05 Å². The van der Waals surface area contributed by atoms with Gasteiger partial charge in [0.2, 0.25) is 0 Å². The second-order valence-electron chi connectivity index (χ2n) is 4.06. The van der Waals surface area contributed by atoms with Crippen LogP contribution in [0.5, 0.6) is 0 Å². The van der Waals surface area contributed by atoms with Gasteiger partial charge >= 0.3 is 5.69 Å². The van der Waals surface area contributed by atoms with E-state index in [4.69, 9.17) is 0 Å². The molecule has 0 bridgehead atoms. The summed E-state index contributed by atoms with van der Waals surface area (Å²) >= 11 is 0. The summed E-state index contributed by atoms with van der Waals surface area (Å²) in [6.07, 6.45) is 0. The lowest BCUT2D eigenvalue weighted by atomic mass is 10.2. The molecular formula is C12H14FN3O2. The maximum atomic E-state index is 13.1. The zero-order chi connectivity index (χ0) is 13.3. The fraction of sp³-hybridized carbons (Fsp3) is 0.333. The monoisotopic (exact) mass is 251 g/mol. The van der Waals surface area contributed by atoms with Gasteiger partial charge in [0.25, 0.3) is 5.56 Å². The van der Waals surface area contributed by atoms with Crippen molar-refractivity contribution in [1.82, 2.24) is 14.5 Å². The van der Waals surface area contributed by atoms with Crippen LogP contribution in [0.3, 0.4) is 0 Å². The van der Waals surface area contributed by atoms with E-state index in [-0.39, 0.29) is 12.1 Å². The van der Waals surface area contributed by atoms with Gasteiger partial charge in [0.15, 0.2) is 0 Å². The Labute approximate surface area is 102 Å². The molecule has 0 unspecified atom stereocenters. The molecule has 0 spiro atoms. The number of hydrogen-bond donors (Lipinski definition) is 1. The molecule has 0 fully saturated rings. The number of aryl methyl sites for hydroxylation is 1. The minimum Gasteiger partial charge on any atom is -0.318 e. The molecule has 0 radical (unpaired) electrons. The van der Waals surface area contributed by atoms with Crippen molar-refractivity contribution in [3.63, 3.8) is 0 Å². The van der Waals surface area contributed by atoms with E-state index in [0.29, 0.717) is 17.4 Å². The Morgan fingerprint density at radius 1 is 1.33 bits per heavy atom. The molecule has 0 saturated carbocycles. The Balaban J connectivity index is 2.80. The lowest BCUT2D eigenvalue weighted by Crippen LogP contribution is -2.40. The van der Waals surface area contributed by atoms with Crippen molar-refractivity contribution in [2.45, 2.75) is 6.54 Å². The summed E-state index contributed by atoms with van der Waals surface area (Å²) in [7, 11) is 3.27. The first-order valence-electron chi connectivity index (χ1n) is 5.60. The molecule has 1 aromatic heterocycles. The third-order valence-electron chi connectivity index (χ3n) is 2.90. The fourth-order valence-electron chi connectivity index (χ4n) is 1.90. The number of rotatable bonds is 3. The Bertz CT molecular complexity index is 703. The molecule has 6 heteroatoms. The van der Waals surface area contributed by atoms with E-state index in [2.05, 4.69) is 5.32 Å². The van der Waals surface area contributed by atoms with Crippen LogP contribution in [-0.2, 0) is 13.6 Å². The number of halogens is 1. The first-order chi connectivity index (χ1) is 8.56. The van der Waals surface area contributed by atoms with Gasteiger partial charge in [-0.3, -0.25) is 13.9 Å². The SMILES string of the molecule is CNCCn1c(=O)c2ccc(F)cc2n(C)c1=O. The number of likely N-dealkylation sites (N-methyl/N-ethyl adjacent to an activating group) is 1. The summed E-state index contributed by atoms with van der Waals surface area (Å²) in [5.74, 6) is -0.468. The predicted octanol–water partition coefficient (Wildman–Crippen LogP) is 0.0587. The van der Waals surface area contributed by atoms with Crippen molar-refractivity contribution < 1.29 is 4.39 Å². The van der Waals surface area contributed by atoms with Crippen LogP contribution >= 0.6 is 0 Å². The van der Waals surface area contributed by atoms with Crippen LogP contribution in [0.4, 0.5) is 4.39 Å². The van der Waals surface area contributed by atoms with Gasteiger partial charge in [-0.15, -0.1) is 0 Å². The highest BCUT2D eigenvalue weighted by Crippen LogP contribution is 2.09. The summed E-state index contributed by atoms with van der Waals surface area (Å²) in [4.78, 5) is 24.1. The van der Waals surface area contributed by atoms with Crippen LogP contribution in [0.15, 0.2) is 27.8 Å². The van der Waals surface area contributed by atoms with Crippen LogP contribution in [0.1, 0.15) is 0 Å². The Morgan fingerprint density at radius 3 is 2.72 bits per heavy atom. The summed E-state index contributed by atoms with van der Waals surface area (Å²) in [5.41, 5.74) is -0.512. The number of nitrogens with zero attached hydrogens (tertiary/aromatic N) is 2. The molecule has 1 heterocycles. The molecule has 1 N–H and O–H groups in total. The first kappa shape index (κ1) is 12.5. The van der Waals surface area contributed by atoms with E-state index < -0.39 is 11.5 Å². The van der Waals surface area contributed by atoms with E-state index >= 15 is 0 Å².